The van der Waals surface area contributed by atoms with Crippen molar-refractivity contribution in [2.24, 2.45) is 0 Å². The maximum atomic E-state index is 12.9. The first kappa shape index (κ1) is 22.1. The number of nitrogens with zero attached hydrogens (tertiary/aromatic N) is 3. The Morgan fingerprint density at radius 3 is 2.31 bits per heavy atom. The molecule has 8 heteroatoms. The molecule has 1 saturated heterocycles. The molecule has 1 aliphatic rings. The second-order valence-electron chi connectivity index (χ2n) is 7.49. The van der Waals surface area contributed by atoms with Crippen molar-refractivity contribution in [1.82, 2.24) is 14.8 Å². The van der Waals surface area contributed by atoms with Crippen LogP contribution in [0.5, 0.6) is 17.2 Å². The van der Waals surface area contributed by atoms with E-state index in [0.717, 1.165) is 41.6 Å². The fraction of sp³-hybridized carbons (Fsp3) is 0.333. The predicted molar refractivity (Wildman–Crippen MR) is 125 cm³/mol. The van der Waals surface area contributed by atoms with Crippen LogP contribution in [0.1, 0.15) is 15.4 Å². The van der Waals surface area contributed by atoms with Gasteiger partial charge in [-0.15, -0.1) is 11.3 Å². The summed E-state index contributed by atoms with van der Waals surface area (Å²) in [6.45, 7) is 3.79. The van der Waals surface area contributed by atoms with Gasteiger partial charge in [-0.25, -0.2) is 4.98 Å². The Bertz CT molecular complexity index is 1060. The predicted octanol–water partition coefficient (Wildman–Crippen LogP) is 3.79. The van der Waals surface area contributed by atoms with E-state index < -0.39 is 0 Å². The van der Waals surface area contributed by atoms with Gasteiger partial charge in [0.2, 0.25) is 0 Å². The molecule has 0 aliphatic carbocycles. The minimum absolute atomic E-state index is 0.0154. The second-order valence-corrected chi connectivity index (χ2v) is 8.44. The van der Waals surface area contributed by atoms with Crippen LogP contribution in [-0.2, 0) is 6.54 Å². The number of methoxy groups -OCH3 is 3. The highest BCUT2D eigenvalue weighted by Gasteiger charge is 2.23. The van der Waals surface area contributed by atoms with E-state index in [2.05, 4.69) is 10.3 Å². The molecular formula is C24H27N3O4S. The van der Waals surface area contributed by atoms with Crippen molar-refractivity contribution in [2.75, 3.05) is 47.5 Å². The summed E-state index contributed by atoms with van der Waals surface area (Å²) in [5.74, 6) is 2.03. The van der Waals surface area contributed by atoms with E-state index in [4.69, 9.17) is 19.2 Å². The van der Waals surface area contributed by atoms with Crippen LogP contribution in [-0.4, -0.2) is 68.2 Å². The summed E-state index contributed by atoms with van der Waals surface area (Å²) in [6.07, 6.45) is 0. The average Bonchev–Trinajstić information content (AvgIpc) is 3.32. The number of carbonyl (C=O) groups excluding carboxylic acids is 1. The molecule has 2 heterocycles. The first-order chi connectivity index (χ1) is 15.6. The molecule has 32 heavy (non-hydrogen) atoms. The van der Waals surface area contributed by atoms with Crippen molar-refractivity contribution < 1.29 is 19.0 Å². The molecule has 1 aromatic heterocycles. The molecule has 0 bridgehead atoms. The molecule has 0 spiro atoms. The normalized spacial score (nSPS) is 14.3. The van der Waals surface area contributed by atoms with Crippen LogP contribution in [0, 0.1) is 0 Å². The first-order valence-corrected chi connectivity index (χ1v) is 11.3. The van der Waals surface area contributed by atoms with E-state index in [-0.39, 0.29) is 5.91 Å². The van der Waals surface area contributed by atoms with E-state index in [9.17, 15) is 4.79 Å². The highest BCUT2D eigenvalue weighted by molar-refractivity contribution is 7.09. The Labute approximate surface area is 192 Å². The molecule has 1 fully saturated rings. The zero-order valence-corrected chi connectivity index (χ0v) is 19.4. The Kier molecular flexibility index (Phi) is 6.92. The third-order valence-corrected chi connectivity index (χ3v) is 6.42. The monoisotopic (exact) mass is 453 g/mol. The van der Waals surface area contributed by atoms with Gasteiger partial charge in [0.05, 0.1) is 33.6 Å². The Morgan fingerprint density at radius 1 is 0.938 bits per heavy atom. The smallest absolute Gasteiger partial charge is 0.254 e. The number of piperazine rings is 1. The second kappa shape index (κ2) is 10.0. The molecular weight excluding hydrogens is 426 g/mol. The SMILES string of the molecule is COc1ccc(-c2csc(CN3CCN(C(=O)c4ccc(OC)c(OC)c4)CC3)n2)cc1. The van der Waals surface area contributed by atoms with Gasteiger partial charge < -0.3 is 19.1 Å². The number of benzene rings is 2. The van der Waals surface area contributed by atoms with Gasteiger partial charge in [-0.2, -0.15) is 0 Å². The number of rotatable bonds is 7. The number of thiazole rings is 1. The molecule has 3 aromatic rings. The Balaban J connectivity index is 1.33. The molecule has 7 nitrogen and oxygen atoms in total. The van der Waals surface area contributed by atoms with Crippen molar-refractivity contribution in [2.45, 2.75) is 6.54 Å². The lowest BCUT2D eigenvalue weighted by molar-refractivity contribution is 0.0628. The number of aromatic nitrogens is 1. The lowest BCUT2D eigenvalue weighted by Gasteiger charge is -2.34. The minimum atomic E-state index is 0.0154. The topological polar surface area (TPSA) is 64.1 Å². The molecule has 1 amide bonds. The van der Waals surface area contributed by atoms with Crippen molar-refractivity contribution in [3.63, 3.8) is 0 Å². The van der Waals surface area contributed by atoms with Crippen LogP contribution in [0.15, 0.2) is 47.8 Å². The minimum Gasteiger partial charge on any atom is -0.497 e. The van der Waals surface area contributed by atoms with Crippen LogP contribution in [0.3, 0.4) is 0 Å². The summed E-state index contributed by atoms with van der Waals surface area (Å²) >= 11 is 1.67. The number of hydrogen-bond donors (Lipinski definition) is 0. The molecule has 0 saturated carbocycles. The van der Waals surface area contributed by atoms with Crippen molar-refractivity contribution in [1.29, 1.82) is 0 Å². The fourth-order valence-corrected chi connectivity index (χ4v) is 4.57. The summed E-state index contributed by atoms with van der Waals surface area (Å²) < 4.78 is 15.8. The van der Waals surface area contributed by atoms with Crippen LogP contribution in [0.4, 0.5) is 0 Å². The highest BCUT2D eigenvalue weighted by Crippen LogP contribution is 2.28. The van der Waals surface area contributed by atoms with Crippen molar-refractivity contribution >= 4 is 17.2 Å². The summed E-state index contributed by atoms with van der Waals surface area (Å²) in [7, 11) is 4.82. The highest BCUT2D eigenvalue weighted by atomic mass is 32.1. The quantitative estimate of drug-likeness (QED) is 0.542. The third-order valence-electron chi connectivity index (χ3n) is 5.59. The lowest BCUT2D eigenvalue weighted by Crippen LogP contribution is -2.48. The number of amides is 1. The number of hydrogen-bond acceptors (Lipinski definition) is 7. The van der Waals surface area contributed by atoms with E-state index in [1.807, 2.05) is 29.2 Å². The van der Waals surface area contributed by atoms with Crippen LogP contribution in [0.25, 0.3) is 11.3 Å². The number of ether oxygens (including phenoxy) is 3. The molecule has 0 N–H and O–H groups in total. The van der Waals surface area contributed by atoms with Crippen molar-refractivity contribution in [3.05, 3.63) is 58.4 Å². The van der Waals surface area contributed by atoms with Gasteiger partial charge >= 0.3 is 0 Å². The molecule has 1 aliphatic heterocycles. The van der Waals surface area contributed by atoms with Gasteiger partial charge in [-0.3, -0.25) is 9.69 Å². The van der Waals surface area contributed by atoms with Gasteiger partial charge in [0.1, 0.15) is 10.8 Å². The van der Waals surface area contributed by atoms with E-state index in [1.165, 1.54) is 0 Å². The molecule has 2 aromatic carbocycles. The maximum absolute atomic E-state index is 12.9. The fourth-order valence-electron chi connectivity index (χ4n) is 3.73. The molecule has 0 radical (unpaired) electrons. The van der Waals surface area contributed by atoms with Crippen LogP contribution >= 0.6 is 11.3 Å². The summed E-state index contributed by atoms with van der Waals surface area (Å²) in [4.78, 5) is 22.0. The Hall–Kier alpha value is -3.10. The van der Waals surface area contributed by atoms with Crippen LogP contribution in [0.2, 0.25) is 0 Å². The van der Waals surface area contributed by atoms with Crippen molar-refractivity contribution in [3.8, 4) is 28.5 Å². The largest absolute Gasteiger partial charge is 0.497 e. The maximum Gasteiger partial charge on any atom is 0.254 e. The zero-order valence-electron chi connectivity index (χ0n) is 18.5. The first-order valence-electron chi connectivity index (χ1n) is 10.4. The molecule has 4 rings (SSSR count). The molecule has 168 valence electrons. The average molecular weight is 454 g/mol. The third kappa shape index (κ3) is 4.87. The van der Waals surface area contributed by atoms with Gasteiger partial charge in [-0.1, -0.05) is 0 Å². The van der Waals surface area contributed by atoms with Crippen LogP contribution < -0.4 is 14.2 Å². The lowest BCUT2D eigenvalue weighted by atomic mass is 10.1. The number of carbonyl (C=O) groups is 1. The summed E-state index contributed by atoms with van der Waals surface area (Å²) in [5.41, 5.74) is 2.67. The van der Waals surface area contributed by atoms with Gasteiger partial charge in [0.25, 0.3) is 5.91 Å². The molecule has 0 unspecified atom stereocenters. The zero-order chi connectivity index (χ0) is 22.5. The molecule has 0 atom stereocenters. The van der Waals surface area contributed by atoms with E-state index in [0.29, 0.717) is 30.2 Å². The van der Waals surface area contributed by atoms with E-state index in [1.54, 1.807) is 50.9 Å². The van der Waals surface area contributed by atoms with Gasteiger partial charge in [0, 0.05) is 42.7 Å². The summed E-state index contributed by atoms with van der Waals surface area (Å²) in [6, 6.07) is 13.2. The van der Waals surface area contributed by atoms with E-state index >= 15 is 0 Å². The Morgan fingerprint density at radius 2 is 1.66 bits per heavy atom. The van der Waals surface area contributed by atoms with Gasteiger partial charge in [0.15, 0.2) is 11.5 Å². The summed E-state index contributed by atoms with van der Waals surface area (Å²) in [5, 5.41) is 3.17. The standard InChI is InChI=1S/C24H27N3O4S/c1-29-19-7-4-17(5-8-19)20-16-32-23(25-20)15-26-10-12-27(13-11-26)24(28)18-6-9-21(30-2)22(14-18)31-3/h4-9,14,16H,10-13,15H2,1-3H3. The van der Waals surface area contributed by atoms with Gasteiger partial charge in [-0.05, 0) is 42.5 Å².